The van der Waals surface area contributed by atoms with Gasteiger partial charge in [0.2, 0.25) is 5.88 Å². The summed E-state index contributed by atoms with van der Waals surface area (Å²) in [7, 11) is 0. The number of benzene rings is 1. The molecule has 2 rings (SSSR count). The largest absolute Gasteiger partial charge is 0.473 e. The normalized spacial score (nSPS) is 10.2. The van der Waals surface area contributed by atoms with Gasteiger partial charge in [0, 0.05) is 17.8 Å². The maximum atomic E-state index is 5.70. The minimum atomic E-state index is 0.442. The van der Waals surface area contributed by atoms with Crippen molar-refractivity contribution in [1.82, 2.24) is 4.98 Å². The second kappa shape index (κ2) is 5.46. The van der Waals surface area contributed by atoms with E-state index in [0.717, 1.165) is 16.8 Å². The Kier molecular flexibility index (Phi) is 3.73. The smallest absolute Gasteiger partial charge is 0.218 e. The molecule has 0 amide bonds. The SMILES string of the molecule is Cc1ccc(CN)c(OCc2ccccc2)n1. The summed E-state index contributed by atoms with van der Waals surface area (Å²) in [4.78, 5) is 4.36. The highest BCUT2D eigenvalue weighted by molar-refractivity contribution is 5.28. The van der Waals surface area contributed by atoms with E-state index in [-0.39, 0.29) is 0 Å². The Balaban J connectivity index is 2.11. The molecule has 3 heteroatoms. The van der Waals surface area contributed by atoms with Gasteiger partial charge in [-0.3, -0.25) is 0 Å². The van der Waals surface area contributed by atoms with Crippen LogP contribution in [0.25, 0.3) is 0 Å². The van der Waals surface area contributed by atoms with Crippen molar-refractivity contribution in [3.8, 4) is 5.88 Å². The van der Waals surface area contributed by atoms with E-state index in [4.69, 9.17) is 10.5 Å². The molecule has 1 aromatic heterocycles. The maximum Gasteiger partial charge on any atom is 0.218 e. The van der Waals surface area contributed by atoms with Crippen molar-refractivity contribution in [3.63, 3.8) is 0 Å². The number of ether oxygens (including phenoxy) is 1. The van der Waals surface area contributed by atoms with Gasteiger partial charge in [-0.05, 0) is 18.6 Å². The molecule has 2 N–H and O–H groups in total. The predicted octanol–water partition coefficient (Wildman–Crippen LogP) is 2.43. The molecule has 0 spiro atoms. The molecule has 0 bridgehead atoms. The highest BCUT2D eigenvalue weighted by atomic mass is 16.5. The summed E-state index contributed by atoms with van der Waals surface area (Å²) in [5, 5.41) is 0. The fraction of sp³-hybridized carbons (Fsp3) is 0.214. The van der Waals surface area contributed by atoms with Crippen LogP contribution in [0.15, 0.2) is 42.5 Å². The van der Waals surface area contributed by atoms with Crippen LogP contribution < -0.4 is 10.5 Å². The van der Waals surface area contributed by atoms with Crippen LogP contribution in [-0.4, -0.2) is 4.98 Å². The minimum absolute atomic E-state index is 0.442. The molecule has 88 valence electrons. The van der Waals surface area contributed by atoms with Gasteiger partial charge >= 0.3 is 0 Å². The molecule has 2 aromatic rings. The average molecular weight is 228 g/mol. The van der Waals surface area contributed by atoms with E-state index < -0.39 is 0 Å². The van der Waals surface area contributed by atoms with Crippen molar-refractivity contribution in [2.75, 3.05) is 0 Å². The van der Waals surface area contributed by atoms with Crippen LogP contribution in [0.5, 0.6) is 5.88 Å². The number of nitrogens with two attached hydrogens (primary N) is 1. The fourth-order valence-corrected chi connectivity index (χ4v) is 1.57. The maximum absolute atomic E-state index is 5.70. The Morgan fingerprint density at radius 2 is 1.88 bits per heavy atom. The van der Waals surface area contributed by atoms with E-state index in [1.165, 1.54) is 0 Å². The molecule has 0 saturated carbocycles. The molecule has 1 heterocycles. The summed E-state index contributed by atoms with van der Waals surface area (Å²) in [5.74, 6) is 0.636. The van der Waals surface area contributed by atoms with Gasteiger partial charge in [0.15, 0.2) is 0 Å². The standard InChI is InChI=1S/C14H16N2O/c1-11-7-8-13(9-15)14(16-11)17-10-12-5-3-2-4-6-12/h2-8H,9-10,15H2,1H3. The van der Waals surface area contributed by atoms with E-state index in [0.29, 0.717) is 19.0 Å². The Labute approximate surface area is 101 Å². The Morgan fingerprint density at radius 1 is 1.12 bits per heavy atom. The van der Waals surface area contributed by atoms with Crippen molar-refractivity contribution in [1.29, 1.82) is 0 Å². The van der Waals surface area contributed by atoms with Crippen molar-refractivity contribution in [3.05, 3.63) is 59.3 Å². The quantitative estimate of drug-likeness (QED) is 0.874. The summed E-state index contributed by atoms with van der Waals surface area (Å²) < 4.78 is 5.70. The second-order valence-electron chi connectivity index (χ2n) is 3.90. The topological polar surface area (TPSA) is 48.1 Å². The molecule has 3 nitrogen and oxygen atoms in total. The van der Waals surface area contributed by atoms with Crippen molar-refractivity contribution < 1.29 is 4.74 Å². The van der Waals surface area contributed by atoms with Crippen LogP contribution in [0.2, 0.25) is 0 Å². The van der Waals surface area contributed by atoms with Crippen LogP contribution in [0, 0.1) is 6.92 Å². The van der Waals surface area contributed by atoms with Crippen LogP contribution >= 0.6 is 0 Å². The predicted molar refractivity (Wildman–Crippen MR) is 67.6 cm³/mol. The van der Waals surface area contributed by atoms with Gasteiger partial charge in [-0.2, -0.15) is 0 Å². The molecular formula is C14H16N2O. The number of aromatic nitrogens is 1. The fourth-order valence-electron chi connectivity index (χ4n) is 1.57. The summed E-state index contributed by atoms with van der Waals surface area (Å²) in [6.45, 7) is 2.90. The summed E-state index contributed by atoms with van der Waals surface area (Å²) >= 11 is 0. The van der Waals surface area contributed by atoms with Gasteiger partial charge in [0.25, 0.3) is 0 Å². The summed E-state index contributed by atoms with van der Waals surface area (Å²) in [6, 6.07) is 13.9. The summed E-state index contributed by atoms with van der Waals surface area (Å²) in [6.07, 6.45) is 0. The molecule has 0 fully saturated rings. The van der Waals surface area contributed by atoms with E-state index in [1.807, 2.05) is 49.4 Å². The lowest BCUT2D eigenvalue weighted by Gasteiger charge is -2.09. The molecular weight excluding hydrogens is 212 g/mol. The van der Waals surface area contributed by atoms with Crippen molar-refractivity contribution in [2.45, 2.75) is 20.1 Å². The first-order chi connectivity index (χ1) is 8.29. The van der Waals surface area contributed by atoms with Crippen LogP contribution in [0.1, 0.15) is 16.8 Å². The third-order valence-electron chi connectivity index (χ3n) is 2.52. The van der Waals surface area contributed by atoms with Gasteiger partial charge in [-0.15, -0.1) is 0 Å². The molecule has 0 saturated heterocycles. The second-order valence-corrected chi connectivity index (χ2v) is 3.90. The van der Waals surface area contributed by atoms with Gasteiger partial charge in [0.1, 0.15) is 6.61 Å². The third-order valence-corrected chi connectivity index (χ3v) is 2.52. The van der Waals surface area contributed by atoms with Crippen LogP contribution in [0.3, 0.4) is 0 Å². The van der Waals surface area contributed by atoms with E-state index in [9.17, 15) is 0 Å². The number of pyridine rings is 1. The molecule has 0 radical (unpaired) electrons. The minimum Gasteiger partial charge on any atom is -0.473 e. The zero-order valence-electron chi connectivity index (χ0n) is 9.89. The van der Waals surface area contributed by atoms with Gasteiger partial charge in [0.05, 0.1) is 0 Å². The molecule has 0 aliphatic heterocycles. The van der Waals surface area contributed by atoms with Crippen LogP contribution in [0.4, 0.5) is 0 Å². The molecule has 1 aromatic carbocycles. The number of hydrogen-bond donors (Lipinski definition) is 1. The highest BCUT2D eigenvalue weighted by Crippen LogP contribution is 2.16. The molecule has 0 aliphatic rings. The molecule has 17 heavy (non-hydrogen) atoms. The summed E-state index contributed by atoms with van der Waals surface area (Å²) in [5.41, 5.74) is 8.65. The van der Waals surface area contributed by atoms with Crippen molar-refractivity contribution >= 4 is 0 Å². The molecule has 0 unspecified atom stereocenters. The average Bonchev–Trinajstić information content (AvgIpc) is 2.38. The van der Waals surface area contributed by atoms with Gasteiger partial charge < -0.3 is 10.5 Å². The lowest BCUT2D eigenvalue weighted by molar-refractivity contribution is 0.290. The van der Waals surface area contributed by atoms with Gasteiger partial charge in [-0.1, -0.05) is 36.4 Å². The number of nitrogens with zero attached hydrogens (tertiary/aromatic N) is 1. The van der Waals surface area contributed by atoms with Crippen LogP contribution in [-0.2, 0) is 13.2 Å². The lowest BCUT2D eigenvalue weighted by Crippen LogP contribution is -2.05. The first-order valence-corrected chi connectivity index (χ1v) is 5.63. The van der Waals surface area contributed by atoms with E-state index in [1.54, 1.807) is 0 Å². The van der Waals surface area contributed by atoms with E-state index >= 15 is 0 Å². The first kappa shape index (κ1) is 11.6. The number of rotatable bonds is 4. The highest BCUT2D eigenvalue weighted by Gasteiger charge is 2.04. The Morgan fingerprint density at radius 3 is 2.59 bits per heavy atom. The first-order valence-electron chi connectivity index (χ1n) is 5.63. The molecule has 0 atom stereocenters. The zero-order chi connectivity index (χ0) is 12.1. The molecule has 0 aliphatic carbocycles. The van der Waals surface area contributed by atoms with Gasteiger partial charge in [-0.25, -0.2) is 4.98 Å². The monoisotopic (exact) mass is 228 g/mol. The Bertz CT molecular complexity index is 483. The zero-order valence-corrected chi connectivity index (χ0v) is 9.89. The van der Waals surface area contributed by atoms with E-state index in [2.05, 4.69) is 4.98 Å². The van der Waals surface area contributed by atoms with Crippen molar-refractivity contribution in [2.24, 2.45) is 5.73 Å². The number of hydrogen-bond acceptors (Lipinski definition) is 3. The Hall–Kier alpha value is -1.87. The lowest BCUT2D eigenvalue weighted by atomic mass is 10.2. The third kappa shape index (κ3) is 3.04. The number of aryl methyl sites for hydroxylation is 1.